The third-order valence-electron chi connectivity index (χ3n) is 2.49. The van der Waals surface area contributed by atoms with Crippen molar-refractivity contribution in [3.8, 4) is 5.88 Å². The molecule has 1 heterocycles. The Hall–Kier alpha value is -1.09. The molecular formula is C12H14ClNO2. The van der Waals surface area contributed by atoms with Crippen LogP contribution in [0.3, 0.4) is 0 Å². The minimum atomic E-state index is 0.109. The lowest BCUT2D eigenvalue weighted by atomic mass is 10.2. The molecule has 2 rings (SSSR count). The van der Waals surface area contributed by atoms with Gasteiger partial charge >= 0.3 is 0 Å². The predicted molar refractivity (Wildman–Crippen MR) is 62.2 cm³/mol. The van der Waals surface area contributed by atoms with Crippen molar-refractivity contribution in [2.45, 2.75) is 26.7 Å². The number of nitrogens with zero attached hydrogens (tertiary/aromatic N) is 1. The Morgan fingerprint density at radius 2 is 2.25 bits per heavy atom. The highest BCUT2D eigenvalue weighted by Crippen LogP contribution is 2.31. The first kappa shape index (κ1) is 11.4. The van der Waals surface area contributed by atoms with Gasteiger partial charge in [0, 0.05) is 6.42 Å². The van der Waals surface area contributed by atoms with Crippen LogP contribution < -0.4 is 4.74 Å². The van der Waals surface area contributed by atoms with E-state index >= 15 is 0 Å². The van der Waals surface area contributed by atoms with Gasteiger partial charge in [0.2, 0.25) is 5.88 Å². The molecule has 0 fully saturated rings. The average molecular weight is 240 g/mol. The van der Waals surface area contributed by atoms with Crippen LogP contribution in [0.4, 0.5) is 0 Å². The van der Waals surface area contributed by atoms with E-state index in [9.17, 15) is 4.79 Å². The van der Waals surface area contributed by atoms with Crippen molar-refractivity contribution >= 4 is 17.4 Å². The first-order chi connectivity index (χ1) is 7.58. The second kappa shape index (κ2) is 4.42. The molecule has 86 valence electrons. The van der Waals surface area contributed by atoms with Gasteiger partial charge in [-0.1, -0.05) is 25.4 Å². The number of ether oxygens (including phenoxy) is 1. The van der Waals surface area contributed by atoms with Gasteiger partial charge < -0.3 is 4.74 Å². The summed E-state index contributed by atoms with van der Waals surface area (Å²) >= 11 is 5.89. The summed E-state index contributed by atoms with van der Waals surface area (Å²) in [4.78, 5) is 15.8. The van der Waals surface area contributed by atoms with Crippen molar-refractivity contribution in [3.63, 3.8) is 0 Å². The van der Waals surface area contributed by atoms with E-state index < -0.39 is 0 Å². The largest absolute Gasteiger partial charge is 0.477 e. The Morgan fingerprint density at radius 3 is 2.94 bits per heavy atom. The maximum atomic E-state index is 11.7. The molecule has 0 bridgehead atoms. The lowest BCUT2D eigenvalue weighted by Gasteiger charge is -2.11. The van der Waals surface area contributed by atoms with E-state index in [0.29, 0.717) is 35.5 Å². The molecule has 0 atom stereocenters. The number of carbonyl (C=O) groups is 1. The molecule has 1 aromatic rings. The van der Waals surface area contributed by atoms with Gasteiger partial charge in [-0.15, -0.1) is 0 Å². The van der Waals surface area contributed by atoms with E-state index in [2.05, 4.69) is 4.98 Å². The molecule has 1 aliphatic rings. The second-order valence-electron chi connectivity index (χ2n) is 4.41. The highest BCUT2D eigenvalue weighted by atomic mass is 35.5. The Morgan fingerprint density at radius 1 is 1.50 bits per heavy atom. The summed E-state index contributed by atoms with van der Waals surface area (Å²) in [6.45, 7) is 4.65. The van der Waals surface area contributed by atoms with Gasteiger partial charge in [-0.05, 0) is 24.0 Å². The van der Waals surface area contributed by atoms with Gasteiger partial charge in [-0.2, -0.15) is 0 Å². The van der Waals surface area contributed by atoms with E-state index in [-0.39, 0.29) is 5.78 Å². The number of rotatable bonds is 3. The van der Waals surface area contributed by atoms with Gasteiger partial charge in [0.05, 0.1) is 12.2 Å². The van der Waals surface area contributed by atoms with Crippen LogP contribution in [0.15, 0.2) is 6.07 Å². The van der Waals surface area contributed by atoms with E-state index in [1.54, 1.807) is 6.07 Å². The molecule has 0 saturated carbocycles. The molecule has 1 aromatic heterocycles. The van der Waals surface area contributed by atoms with Crippen LogP contribution in [-0.2, 0) is 6.42 Å². The fraction of sp³-hybridized carbons (Fsp3) is 0.500. The van der Waals surface area contributed by atoms with Gasteiger partial charge in [0.25, 0.3) is 0 Å². The van der Waals surface area contributed by atoms with Crippen molar-refractivity contribution < 1.29 is 9.53 Å². The number of aryl methyl sites for hydroxylation is 1. The lowest BCUT2D eigenvalue weighted by Crippen LogP contribution is -2.09. The number of pyridine rings is 1. The number of carbonyl (C=O) groups excluding carboxylic acids is 1. The molecule has 0 aromatic carbocycles. The highest BCUT2D eigenvalue weighted by molar-refractivity contribution is 6.29. The monoisotopic (exact) mass is 239 g/mol. The van der Waals surface area contributed by atoms with Gasteiger partial charge in [0.15, 0.2) is 5.78 Å². The quantitative estimate of drug-likeness (QED) is 0.762. The topological polar surface area (TPSA) is 39.2 Å². The third kappa shape index (κ3) is 2.19. The Labute approximate surface area is 99.8 Å². The number of ketones is 1. The lowest BCUT2D eigenvalue weighted by molar-refractivity contribution is 0.0989. The maximum absolute atomic E-state index is 11.7. The molecule has 0 spiro atoms. The maximum Gasteiger partial charge on any atom is 0.226 e. The fourth-order valence-electron chi connectivity index (χ4n) is 1.76. The van der Waals surface area contributed by atoms with Crippen LogP contribution in [0.1, 0.15) is 36.2 Å². The predicted octanol–water partition coefficient (Wildman–Crippen LogP) is 2.90. The molecular weight excluding hydrogens is 226 g/mol. The number of aromatic nitrogens is 1. The minimum absolute atomic E-state index is 0.109. The average Bonchev–Trinajstić information content (AvgIpc) is 2.56. The van der Waals surface area contributed by atoms with Crippen molar-refractivity contribution in [2.75, 3.05) is 6.61 Å². The van der Waals surface area contributed by atoms with Crippen LogP contribution in [0.25, 0.3) is 0 Å². The number of Topliss-reactive ketones (excluding diaryl/α,β-unsaturated/α-hetero) is 1. The minimum Gasteiger partial charge on any atom is -0.477 e. The highest BCUT2D eigenvalue weighted by Gasteiger charge is 2.26. The van der Waals surface area contributed by atoms with Crippen LogP contribution in [0.2, 0.25) is 5.15 Å². The third-order valence-corrected chi connectivity index (χ3v) is 2.68. The van der Waals surface area contributed by atoms with Gasteiger partial charge in [-0.25, -0.2) is 4.98 Å². The van der Waals surface area contributed by atoms with Crippen LogP contribution in [-0.4, -0.2) is 17.4 Å². The smallest absolute Gasteiger partial charge is 0.226 e. The van der Waals surface area contributed by atoms with Crippen molar-refractivity contribution in [3.05, 3.63) is 22.3 Å². The Bertz CT molecular complexity index is 429. The zero-order valence-electron chi connectivity index (χ0n) is 9.42. The molecule has 3 nitrogen and oxygen atoms in total. The molecule has 0 N–H and O–H groups in total. The summed E-state index contributed by atoms with van der Waals surface area (Å²) < 4.78 is 5.55. The summed E-state index contributed by atoms with van der Waals surface area (Å²) in [7, 11) is 0. The normalized spacial score (nSPS) is 14.4. The van der Waals surface area contributed by atoms with Crippen molar-refractivity contribution in [1.29, 1.82) is 0 Å². The van der Waals surface area contributed by atoms with Gasteiger partial charge in [0.1, 0.15) is 5.15 Å². The van der Waals surface area contributed by atoms with Gasteiger partial charge in [-0.3, -0.25) is 4.79 Å². The first-order valence-corrected chi connectivity index (χ1v) is 5.81. The van der Waals surface area contributed by atoms with E-state index in [1.165, 1.54) is 0 Å². The van der Waals surface area contributed by atoms with Crippen LogP contribution in [0.5, 0.6) is 5.88 Å². The molecule has 0 radical (unpaired) electrons. The Balaban J connectivity index is 2.33. The molecule has 0 saturated heterocycles. The number of halogens is 1. The molecule has 4 heteroatoms. The number of fused-ring (bicyclic) bond motifs is 1. The number of hydrogen-bond acceptors (Lipinski definition) is 3. The summed E-state index contributed by atoms with van der Waals surface area (Å²) in [6.07, 6.45) is 1.28. The summed E-state index contributed by atoms with van der Waals surface area (Å²) in [5.41, 5.74) is 1.59. The molecule has 0 amide bonds. The van der Waals surface area contributed by atoms with Crippen LogP contribution >= 0.6 is 11.6 Å². The second-order valence-corrected chi connectivity index (χ2v) is 4.80. The molecule has 16 heavy (non-hydrogen) atoms. The zero-order valence-corrected chi connectivity index (χ0v) is 10.2. The van der Waals surface area contributed by atoms with E-state index in [1.807, 2.05) is 13.8 Å². The summed E-state index contributed by atoms with van der Waals surface area (Å²) in [5, 5.41) is 0.396. The van der Waals surface area contributed by atoms with E-state index in [0.717, 1.165) is 12.0 Å². The fourth-order valence-corrected chi connectivity index (χ4v) is 1.97. The molecule has 0 aliphatic heterocycles. The number of hydrogen-bond donors (Lipinski definition) is 0. The SMILES string of the molecule is CC(C)COc1nc(Cl)cc2c1C(=O)CC2. The van der Waals surface area contributed by atoms with Crippen LogP contribution in [0, 0.1) is 5.92 Å². The molecule has 1 aliphatic carbocycles. The summed E-state index contributed by atoms with van der Waals surface area (Å²) in [5.74, 6) is 0.907. The first-order valence-electron chi connectivity index (χ1n) is 5.43. The van der Waals surface area contributed by atoms with Crippen molar-refractivity contribution in [2.24, 2.45) is 5.92 Å². The zero-order chi connectivity index (χ0) is 11.7. The standard InChI is InChI=1S/C12H14ClNO2/c1-7(2)6-16-12-11-8(3-4-9(11)15)5-10(13)14-12/h5,7H,3-4,6H2,1-2H3. The Kier molecular flexibility index (Phi) is 3.15. The van der Waals surface area contributed by atoms with Crippen molar-refractivity contribution in [1.82, 2.24) is 4.98 Å². The van der Waals surface area contributed by atoms with E-state index in [4.69, 9.17) is 16.3 Å². The molecule has 0 unspecified atom stereocenters. The summed E-state index contributed by atoms with van der Waals surface area (Å²) in [6, 6.07) is 1.75.